The zero-order valence-corrected chi connectivity index (χ0v) is 14.9. The van der Waals surface area contributed by atoms with E-state index in [2.05, 4.69) is 29.6 Å². The molecule has 0 saturated heterocycles. The lowest BCUT2D eigenvalue weighted by Crippen LogP contribution is -2.41. The Hall–Kier alpha value is -1.56. The first-order valence-electron chi connectivity index (χ1n) is 7.81. The van der Waals surface area contributed by atoms with Crippen LogP contribution in [0.25, 0.3) is 0 Å². The molecule has 0 aliphatic rings. The number of alkyl carbamates (subject to hydrolysis) is 1. The molecule has 22 heavy (non-hydrogen) atoms. The van der Waals surface area contributed by atoms with Crippen molar-refractivity contribution in [2.75, 3.05) is 6.54 Å². The predicted molar refractivity (Wildman–Crippen MR) is 87.8 cm³/mol. The van der Waals surface area contributed by atoms with E-state index in [1.807, 2.05) is 45.6 Å². The minimum absolute atomic E-state index is 0.146. The predicted octanol–water partition coefficient (Wildman–Crippen LogP) is 2.55. The van der Waals surface area contributed by atoms with Gasteiger partial charge < -0.3 is 15.4 Å². The van der Waals surface area contributed by atoms with Crippen molar-refractivity contribution in [2.45, 2.75) is 65.6 Å². The second-order valence-electron chi connectivity index (χ2n) is 7.03. The molecule has 6 nitrogen and oxygen atoms in total. The Morgan fingerprint density at radius 1 is 1.36 bits per heavy atom. The third-order valence-corrected chi connectivity index (χ3v) is 3.08. The molecule has 1 heterocycles. The molecule has 1 amide bonds. The Balaban J connectivity index is 2.40. The van der Waals surface area contributed by atoms with Gasteiger partial charge in [0.25, 0.3) is 0 Å². The summed E-state index contributed by atoms with van der Waals surface area (Å²) < 4.78 is 7.06. The van der Waals surface area contributed by atoms with Crippen LogP contribution in [0.1, 0.15) is 58.7 Å². The summed E-state index contributed by atoms with van der Waals surface area (Å²) in [7, 11) is 1.93. The second-order valence-corrected chi connectivity index (χ2v) is 7.03. The van der Waals surface area contributed by atoms with Crippen LogP contribution in [-0.2, 0) is 18.3 Å². The Morgan fingerprint density at radius 2 is 2.00 bits per heavy atom. The topological polar surface area (TPSA) is 68.2 Å². The molecule has 0 fully saturated rings. The van der Waals surface area contributed by atoms with Crippen molar-refractivity contribution < 1.29 is 9.53 Å². The van der Waals surface area contributed by atoms with E-state index in [0.717, 1.165) is 12.2 Å². The van der Waals surface area contributed by atoms with Crippen molar-refractivity contribution in [3.05, 3.63) is 17.5 Å². The summed E-state index contributed by atoms with van der Waals surface area (Å²) in [5, 5.41) is 10.7. The quantitative estimate of drug-likeness (QED) is 0.847. The van der Waals surface area contributed by atoms with E-state index in [4.69, 9.17) is 4.74 Å². The van der Waals surface area contributed by atoms with Crippen LogP contribution >= 0.6 is 0 Å². The molecule has 126 valence electrons. The molecule has 1 unspecified atom stereocenters. The first kappa shape index (κ1) is 18.5. The Bertz CT molecular complexity index is 489. The van der Waals surface area contributed by atoms with Gasteiger partial charge in [0.15, 0.2) is 0 Å². The lowest BCUT2D eigenvalue weighted by Gasteiger charge is -2.21. The van der Waals surface area contributed by atoms with Crippen LogP contribution in [0.5, 0.6) is 0 Å². The van der Waals surface area contributed by atoms with Gasteiger partial charge in [-0.2, -0.15) is 5.10 Å². The van der Waals surface area contributed by atoms with Crippen molar-refractivity contribution in [1.29, 1.82) is 0 Å². The molecular formula is C16H30N4O2. The van der Waals surface area contributed by atoms with Gasteiger partial charge in [-0.05, 0) is 33.6 Å². The molecular weight excluding hydrogens is 280 g/mol. The lowest BCUT2D eigenvalue weighted by atomic mass is 10.1. The summed E-state index contributed by atoms with van der Waals surface area (Å²) in [6.07, 6.45) is 1.65. The zero-order chi connectivity index (χ0) is 16.9. The minimum Gasteiger partial charge on any atom is -0.444 e. The van der Waals surface area contributed by atoms with Gasteiger partial charge in [0, 0.05) is 37.9 Å². The van der Waals surface area contributed by atoms with E-state index < -0.39 is 5.60 Å². The fourth-order valence-electron chi connectivity index (χ4n) is 2.08. The third kappa shape index (κ3) is 6.47. The summed E-state index contributed by atoms with van der Waals surface area (Å²) in [5.41, 5.74) is 1.84. The van der Waals surface area contributed by atoms with E-state index in [1.165, 1.54) is 5.56 Å². The fraction of sp³-hybridized carbons (Fsp3) is 0.750. The number of amides is 1. The van der Waals surface area contributed by atoms with E-state index in [0.29, 0.717) is 12.5 Å². The maximum absolute atomic E-state index is 11.6. The van der Waals surface area contributed by atoms with Gasteiger partial charge in [-0.1, -0.05) is 13.8 Å². The first-order chi connectivity index (χ1) is 10.1. The number of aryl methyl sites for hydroxylation is 1. The van der Waals surface area contributed by atoms with Gasteiger partial charge in [0.2, 0.25) is 0 Å². The highest BCUT2D eigenvalue weighted by Gasteiger charge is 2.17. The normalized spacial score (nSPS) is 13.3. The molecule has 0 bridgehead atoms. The van der Waals surface area contributed by atoms with Crippen LogP contribution in [-0.4, -0.2) is 34.1 Å². The average molecular weight is 310 g/mol. The molecule has 0 saturated carbocycles. The first-order valence-corrected chi connectivity index (χ1v) is 7.81. The number of nitrogens with one attached hydrogen (secondary N) is 2. The number of hydrogen-bond acceptors (Lipinski definition) is 4. The molecule has 0 spiro atoms. The molecule has 0 aliphatic carbocycles. The van der Waals surface area contributed by atoms with Gasteiger partial charge in [0.1, 0.15) is 5.60 Å². The van der Waals surface area contributed by atoms with Crippen molar-refractivity contribution in [2.24, 2.45) is 7.05 Å². The van der Waals surface area contributed by atoms with E-state index >= 15 is 0 Å². The molecule has 2 N–H and O–H groups in total. The maximum atomic E-state index is 11.6. The lowest BCUT2D eigenvalue weighted by molar-refractivity contribution is 0.0523. The van der Waals surface area contributed by atoms with Crippen LogP contribution in [0.2, 0.25) is 0 Å². The molecule has 1 rings (SSSR count). The number of carbonyl (C=O) groups excluding carboxylic acids is 1. The van der Waals surface area contributed by atoms with E-state index in [1.54, 1.807) is 0 Å². The molecule has 6 heteroatoms. The van der Waals surface area contributed by atoms with Crippen molar-refractivity contribution >= 4 is 6.09 Å². The smallest absolute Gasteiger partial charge is 0.407 e. The molecule has 0 aliphatic heterocycles. The molecule has 1 aromatic rings. The van der Waals surface area contributed by atoms with Crippen molar-refractivity contribution in [1.82, 2.24) is 20.4 Å². The summed E-state index contributed by atoms with van der Waals surface area (Å²) in [4.78, 5) is 11.6. The average Bonchev–Trinajstić information content (AvgIpc) is 2.73. The number of carbonyl (C=O) groups is 1. The largest absolute Gasteiger partial charge is 0.444 e. The number of rotatable bonds is 6. The van der Waals surface area contributed by atoms with Crippen molar-refractivity contribution in [3.63, 3.8) is 0 Å². The van der Waals surface area contributed by atoms with Crippen LogP contribution in [0.3, 0.4) is 0 Å². The summed E-state index contributed by atoms with van der Waals surface area (Å²) in [6.45, 7) is 13.1. The Morgan fingerprint density at radius 3 is 2.55 bits per heavy atom. The zero-order valence-electron chi connectivity index (χ0n) is 14.9. The molecule has 0 radical (unpaired) electrons. The summed E-state index contributed by atoms with van der Waals surface area (Å²) in [6, 6.07) is 0.146. The molecule has 1 aromatic heterocycles. The van der Waals surface area contributed by atoms with Crippen LogP contribution < -0.4 is 10.6 Å². The van der Waals surface area contributed by atoms with Gasteiger partial charge in [-0.15, -0.1) is 0 Å². The van der Waals surface area contributed by atoms with Crippen LogP contribution in [0, 0.1) is 0 Å². The Kier molecular flexibility index (Phi) is 6.41. The number of nitrogens with zero attached hydrogens (tertiary/aromatic N) is 2. The maximum Gasteiger partial charge on any atom is 0.407 e. The standard InChI is InChI=1S/C16H30N4O2/c1-11(2)14-13(10-20(7)19-14)9-17-12(3)8-18-15(21)22-16(4,5)6/h10-12,17H,8-9H2,1-7H3,(H,18,21). The summed E-state index contributed by atoms with van der Waals surface area (Å²) >= 11 is 0. The summed E-state index contributed by atoms with van der Waals surface area (Å²) in [5.74, 6) is 0.396. The second kappa shape index (κ2) is 7.63. The van der Waals surface area contributed by atoms with Gasteiger partial charge in [-0.25, -0.2) is 4.79 Å². The Labute approximate surface area is 133 Å². The highest BCUT2D eigenvalue weighted by molar-refractivity contribution is 5.67. The number of ether oxygens (including phenoxy) is 1. The van der Waals surface area contributed by atoms with Crippen LogP contribution in [0.4, 0.5) is 4.79 Å². The third-order valence-electron chi connectivity index (χ3n) is 3.08. The monoisotopic (exact) mass is 310 g/mol. The van der Waals surface area contributed by atoms with Crippen molar-refractivity contribution in [3.8, 4) is 0 Å². The minimum atomic E-state index is -0.470. The SMILES string of the molecule is CC(CNC(=O)OC(C)(C)C)NCc1cn(C)nc1C(C)C. The molecule has 0 aromatic carbocycles. The van der Waals surface area contributed by atoms with Gasteiger partial charge in [0.05, 0.1) is 5.69 Å². The van der Waals surface area contributed by atoms with E-state index in [9.17, 15) is 4.79 Å². The van der Waals surface area contributed by atoms with E-state index in [-0.39, 0.29) is 12.1 Å². The highest BCUT2D eigenvalue weighted by atomic mass is 16.6. The van der Waals surface area contributed by atoms with Gasteiger partial charge >= 0.3 is 6.09 Å². The fourth-order valence-corrected chi connectivity index (χ4v) is 2.08. The van der Waals surface area contributed by atoms with Crippen LogP contribution in [0.15, 0.2) is 6.20 Å². The number of hydrogen-bond donors (Lipinski definition) is 2. The molecule has 1 atom stereocenters. The number of aromatic nitrogens is 2. The highest BCUT2D eigenvalue weighted by Crippen LogP contribution is 2.17. The van der Waals surface area contributed by atoms with Gasteiger partial charge in [-0.3, -0.25) is 4.68 Å².